The third kappa shape index (κ3) is 2.52. The lowest BCUT2D eigenvalue weighted by Crippen LogP contribution is -2.29. The number of hydrogen-bond donors (Lipinski definition) is 1. The molecule has 0 radical (unpaired) electrons. The molecule has 0 spiro atoms. The Kier molecular flexibility index (Phi) is 3.22. The number of fused-ring (bicyclic) bond motifs is 1. The first-order valence-electron chi connectivity index (χ1n) is 5.91. The molecule has 0 bridgehead atoms. The van der Waals surface area contributed by atoms with Crippen molar-refractivity contribution in [1.29, 1.82) is 0 Å². The fourth-order valence-electron chi connectivity index (χ4n) is 2.15. The van der Waals surface area contributed by atoms with E-state index in [2.05, 4.69) is 11.0 Å². The molecule has 1 amide bonds. The Balaban J connectivity index is 2.02. The maximum atomic E-state index is 11.6. The van der Waals surface area contributed by atoms with E-state index in [1.54, 1.807) is 19.0 Å². The molecule has 1 heterocycles. The fraction of sp³-hybridized carbons (Fsp3) is 0.462. The largest absolute Gasteiger partial charge is 0.399 e. The maximum Gasteiger partial charge on any atom is 0.223 e. The Morgan fingerprint density at radius 2 is 2.24 bits per heavy atom. The lowest BCUT2D eigenvalue weighted by atomic mass is 10.1. The number of hydrogen-bond acceptors (Lipinski definition) is 3. The van der Waals surface area contributed by atoms with Crippen molar-refractivity contribution >= 4 is 17.3 Å². The number of anilines is 2. The molecule has 0 aliphatic carbocycles. The maximum absolute atomic E-state index is 11.6. The van der Waals surface area contributed by atoms with Crippen LogP contribution in [0.25, 0.3) is 0 Å². The predicted molar refractivity (Wildman–Crippen MR) is 70.1 cm³/mol. The third-order valence-electron chi connectivity index (χ3n) is 3.20. The Morgan fingerprint density at radius 3 is 2.94 bits per heavy atom. The lowest BCUT2D eigenvalue weighted by molar-refractivity contribution is -0.128. The Morgan fingerprint density at radius 1 is 1.47 bits per heavy atom. The SMILES string of the molecule is CN(C)C(=O)CCN1CCc2ccc(N)cc21. The normalized spacial score (nSPS) is 13.6. The number of amides is 1. The molecule has 2 N–H and O–H groups in total. The second kappa shape index (κ2) is 4.65. The molecule has 0 fully saturated rings. The summed E-state index contributed by atoms with van der Waals surface area (Å²) < 4.78 is 0. The van der Waals surface area contributed by atoms with Crippen molar-refractivity contribution < 1.29 is 4.79 Å². The van der Waals surface area contributed by atoms with Crippen LogP contribution in [0.2, 0.25) is 0 Å². The molecule has 0 aromatic heterocycles. The summed E-state index contributed by atoms with van der Waals surface area (Å²) in [5.74, 6) is 0.169. The molecular formula is C13H19N3O. The number of carbonyl (C=O) groups excluding carboxylic acids is 1. The summed E-state index contributed by atoms with van der Waals surface area (Å²) in [6.07, 6.45) is 1.60. The van der Waals surface area contributed by atoms with Crippen molar-refractivity contribution in [2.45, 2.75) is 12.8 Å². The summed E-state index contributed by atoms with van der Waals surface area (Å²) in [5, 5.41) is 0. The van der Waals surface area contributed by atoms with Crippen LogP contribution in [0.5, 0.6) is 0 Å². The summed E-state index contributed by atoms with van der Waals surface area (Å²) in [5.41, 5.74) is 9.10. The van der Waals surface area contributed by atoms with E-state index in [9.17, 15) is 4.79 Å². The lowest BCUT2D eigenvalue weighted by Gasteiger charge is -2.20. The molecule has 1 aliphatic heterocycles. The summed E-state index contributed by atoms with van der Waals surface area (Å²) in [7, 11) is 3.58. The highest BCUT2D eigenvalue weighted by Crippen LogP contribution is 2.29. The molecule has 4 nitrogen and oxygen atoms in total. The first-order chi connectivity index (χ1) is 8.08. The average Bonchev–Trinajstić information content (AvgIpc) is 2.68. The predicted octanol–water partition coefficient (Wildman–Crippen LogP) is 1.11. The van der Waals surface area contributed by atoms with E-state index in [0.717, 1.165) is 25.2 Å². The van der Waals surface area contributed by atoms with Gasteiger partial charge in [0, 0.05) is 45.0 Å². The topological polar surface area (TPSA) is 49.6 Å². The van der Waals surface area contributed by atoms with Crippen LogP contribution in [0.15, 0.2) is 18.2 Å². The zero-order valence-corrected chi connectivity index (χ0v) is 10.4. The minimum Gasteiger partial charge on any atom is -0.399 e. The Bertz CT molecular complexity index is 429. The molecule has 1 aliphatic rings. The van der Waals surface area contributed by atoms with Gasteiger partial charge in [-0.2, -0.15) is 0 Å². The summed E-state index contributed by atoms with van der Waals surface area (Å²) in [6.45, 7) is 1.76. The molecule has 2 rings (SSSR count). The van der Waals surface area contributed by atoms with E-state index in [1.807, 2.05) is 12.1 Å². The minimum absolute atomic E-state index is 0.169. The highest BCUT2D eigenvalue weighted by Gasteiger charge is 2.19. The van der Waals surface area contributed by atoms with Gasteiger partial charge in [0.1, 0.15) is 0 Å². The van der Waals surface area contributed by atoms with Gasteiger partial charge in [-0.25, -0.2) is 0 Å². The zero-order chi connectivity index (χ0) is 12.4. The van der Waals surface area contributed by atoms with Crippen LogP contribution in [0.4, 0.5) is 11.4 Å². The molecule has 0 saturated heterocycles. The standard InChI is InChI=1S/C13H19N3O/c1-15(2)13(17)6-8-16-7-5-10-3-4-11(14)9-12(10)16/h3-4,9H,5-8,14H2,1-2H3. The highest BCUT2D eigenvalue weighted by atomic mass is 16.2. The molecule has 1 aromatic rings. The van der Waals surface area contributed by atoms with E-state index in [-0.39, 0.29) is 5.91 Å². The first kappa shape index (κ1) is 11.8. The van der Waals surface area contributed by atoms with Crippen molar-refractivity contribution in [2.24, 2.45) is 0 Å². The fourth-order valence-corrected chi connectivity index (χ4v) is 2.15. The molecule has 4 heteroatoms. The summed E-state index contributed by atoms with van der Waals surface area (Å²) in [6, 6.07) is 6.02. The van der Waals surface area contributed by atoms with Gasteiger partial charge in [-0.3, -0.25) is 4.79 Å². The number of carbonyl (C=O) groups is 1. The highest BCUT2D eigenvalue weighted by molar-refractivity contribution is 5.76. The van der Waals surface area contributed by atoms with Gasteiger partial charge in [-0.05, 0) is 24.1 Å². The monoisotopic (exact) mass is 233 g/mol. The first-order valence-corrected chi connectivity index (χ1v) is 5.91. The average molecular weight is 233 g/mol. The molecule has 92 valence electrons. The Labute approximate surface area is 102 Å². The van der Waals surface area contributed by atoms with Crippen LogP contribution in [0.3, 0.4) is 0 Å². The van der Waals surface area contributed by atoms with Gasteiger partial charge >= 0.3 is 0 Å². The molecule has 0 atom stereocenters. The van der Waals surface area contributed by atoms with E-state index in [0.29, 0.717) is 6.42 Å². The van der Waals surface area contributed by atoms with Crippen LogP contribution in [0, 0.1) is 0 Å². The van der Waals surface area contributed by atoms with Crippen LogP contribution in [0.1, 0.15) is 12.0 Å². The number of nitrogens with zero attached hydrogens (tertiary/aromatic N) is 2. The smallest absolute Gasteiger partial charge is 0.223 e. The van der Waals surface area contributed by atoms with Crippen molar-refractivity contribution in [2.75, 3.05) is 37.8 Å². The van der Waals surface area contributed by atoms with Crippen LogP contribution < -0.4 is 10.6 Å². The third-order valence-corrected chi connectivity index (χ3v) is 3.20. The van der Waals surface area contributed by atoms with Crippen LogP contribution in [-0.4, -0.2) is 38.0 Å². The van der Waals surface area contributed by atoms with E-state index < -0.39 is 0 Å². The number of nitrogen functional groups attached to an aromatic ring is 1. The van der Waals surface area contributed by atoms with Crippen LogP contribution in [-0.2, 0) is 11.2 Å². The van der Waals surface area contributed by atoms with Gasteiger partial charge in [-0.15, -0.1) is 0 Å². The van der Waals surface area contributed by atoms with Gasteiger partial charge in [0.05, 0.1) is 0 Å². The van der Waals surface area contributed by atoms with Crippen LogP contribution >= 0.6 is 0 Å². The van der Waals surface area contributed by atoms with Gasteiger partial charge < -0.3 is 15.5 Å². The quantitative estimate of drug-likeness (QED) is 0.796. The number of rotatable bonds is 3. The second-order valence-electron chi connectivity index (χ2n) is 4.66. The van der Waals surface area contributed by atoms with Crippen molar-refractivity contribution in [3.63, 3.8) is 0 Å². The van der Waals surface area contributed by atoms with E-state index in [4.69, 9.17) is 5.73 Å². The minimum atomic E-state index is 0.169. The molecule has 0 unspecified atom stereocenters. The summed E-state index contributed by atoms with van der Waals surface area (Å²) >= 11 is 0. The van der Waals surface area contributed by atoms with Gasteiger partial charge in [0.15, 0.2) is 0 Å². The van der Waals surface area contributed by atoms with Gasteiger partial charge in [-0.1, -0.05) is 6.07 Å². The van der Waals surface area contributed by atoms with Crippen molar-refractivity contribution in [3.8, 4) is 0 Å². The number of nitrogens with two attached hydrogens (primary N) is 1. The zero-order valence-electron chi connectivity index (χ0n) is 10.4. The molecule has 1 aromatic carbocycles. The second-order valence-corrected chi connectivity index (χ2v) is 4.66. The van der Waals surface area contributed by atoms with E-state index in [1.165, 1.54) is 11.3 Å². The molecular weight excluding hydrogens is 214 g/mol. The van der Waals surface area contributed by atoms with E-state index >= 15 is 0 Å². The molecule has 17 heavy (non-hydrogen) atoms. The van der Waals surface area contributed by atoms with Crippen molar-refractivity contribution in [1.82, 2.24) is 4.90 Å². The van der Waals surface area contributed by atoms with Gasteiger partial charge in [0.25, 0.3) is 0 Å². The van der Waals surface area contributed by atoms with Crippen molar-refractivity contribution in [3.05, 3.63) is 23.8 Å². The number of benzene rings is 1. The Hall–Kier alpha value is -1.71. The molecule has 0 saturated carbocycles. The summed E-state index contributed by atoms with van der Waals surface area (Å²) in [4.78, 5) is 15.4. The van der Waals surface area contributed by atoms with Gasteiger partial charge in [0.2, 0.25) is 5.91 Å².